The van der Waals surface area contributed by atoms with E-state index in [1.807, 2.05) is 13.8 Å². The highest BCUT2D eigenvalue weighted by Gasteiger charge is 1.85. The highest BCUT2D eigenvalue weighted by atomic mass is 32.2. The molecule has 0 unspecified atom stereocenters. The molecule has 2 nitrogen and oxygen atoms in total. The second-order valence-electron chi connectivity index (χ2n) is 2.01. The van der Waals surface area contributed by atoms with Gasteiger partial charge in [-0.3, -0.25) is 0 Å². The van der Waals surface area contributed by atoms with Crippen molar-refractivity contribution in [3.63, 3.8) is 0 Å². The van der Waals surface area contributed by atoms with E-state index in [2.05, 4.69) is 0 Å². The second kappa shape index (κ2) is 4.56. The van der Waals surface area contributed by atoms with Gasteiger partial charge < -0.3 is 0 Å². The molecular formula is C6H12O2S. The Morgan fingerprint density at radius 3 is 2.44 bits per heavy atom. The molecule has 0 radical (unpaired) electrons. The van der Waals surface area contributed by atoms with E-state index >= 15 is 0 Å². The molecule has 0 N–H and O–H groups in total. The van der Waals surface area contributed by atoms with Gasteiger partial charge in [-0.25, -0.2) is 8.42 Å². The van der Waals surface area contributed by atoms with Crippen molar-refractivity contribution in [3.05, 3.63) is 11.0 Å². The van der Waals surface area contributed by atoms with E-state index in [1.54, 1.807) is 0 Å². The van der Waals surface area contributed by atoms with Crippen molar-refractivity contribution in [2.24, 2.45) is 0 Å². The molecule has 0 fully saturated rings. The molecule has 9 heavy (non-hydrogen) atoms. The van der Waals surface area contributed by atoms with Crippen LogP contribution >= 0.6 is 0 Å². The summed E-state index contributed by atoms with van der Waals surface area (Å²) in [6.07, 6.45) is 1.88. The third kappa shape index (κ3) is 5.56. The Hall–Kier alpha value is -0.310. The molecule has 0 aromatic heterocycles. The van der Waals surface area contributed by atoms with Crippen LogP contribution < -0.4 is 0 Å². The fourth-order valence-electron chi connectivity index (χ4n) is 0.639. The van der Waals surface area contributed by atoms with Crippen molar-refractivity contribution in [3.8, 4) is 0 Å². The van der Waals surface area contributed by atoms with Crippen LogP contribution in [0.2, 0.25) is 0 Å². The minimum Gasteiger partial charge on any atom is -0.227 e. The van der Waals surface area contributed by atoms with Crippen LogP contribution in [0.4, 0.5) is 0 Å². The van der Waals surface area contributed by atoms with Crippen LogP contribution in [0, 0.1) is 0 Å². The molecule has 0 aliphatic rings. The lowest BCUT2D eigenvalue weighted by Gasteiger charge is -1.90. The summed E-state index contributed by atoms with van der Waals surface area (Å²) in [6.45, 7) is 3.85. The monoisotopic (exact) mass is 148 g/mol. The van der Waals surface area contributed by atoms with Crippen molar-refractivity contribution in [2.45, 2.75) is 26.7 Å². The first-order chi connectivity index (χ1) is 4.16. The number of hydrogen-bond acceptors (Lipinski definition) is 2. The molecule has 3 heteroatoms. The Balaban J connectivity index is 3.84. The van der Waals surface area contributed by atoms with Crippen LogP contribution in [0.1, 0.15) is 26.7 Å². The number of hydrogen-bond donors (Lipinski definition) is 1. The molecule has 0 saturated carbocycles. The summed E-state index contributed by atoms with van der Waals surface area (Å²) in [5.74, 6) is 0. The minimum absolute atomic E-state index is 0.878. The molecule has 0 aromatic rings. The molecule has 54 valence electrons. The lowest BCUT2D eigenvalue weighted by molar-refractivity contribution is 0.621. The predicted molar refractivity (Wildman–Crippen MR) is 39.0 cm³/mol. The van der Waals surface area contributed by atoms with E-state index in [0.29, 0.717) is 0 Å². The highest BCUT2D eigenvalue weighted by molar-refractivity contribution is 7.75. The summed E-state index contributed by atoms with van der Waals surface area (Å²) in [7, 11) is -2.31. The number of thiol groups is 1. The molecule has 0 aliphatic heterocycles. The summed E-state index contributed by atoms with van der Waals surface area (Å²) in [5.41, 5.74) is 0.939. The third-order valence-electron chi connectivity index (χ3n) is 0.970. The van der Waals surface area contributed by atoms with Crippen molar-refractivity contribution >= 4 is 10.7 Å². The van der Waals surface area contributed by atoms with Gasteiger partial charge in [0, 0.05) is 5.41 Å². The molecule has 0 amide bonds. The molecule has 0 rings (SSSR count). The largest absolute Gasteiger partial charge is 0.227 e. The first kappa shape index (κ1) is 8.69. The number of allylic oxidation sites excluding steroid dienone is 1. The van der Waals surface area contributed by atoms with E-state index in [1.165, 1.54) is 5.41 Å². The van der Waals surface area contributed by atoms with Crippen molar-refractivity contribution in [1.82, 2.24) is 0 Å². The van der Waals surface area contributed by atoms with Gasteiger partial charge in [-0.05, 0) is 13.3 Å². The van der Waals surface area contributed by atoms with Crippen molar-refractivity contribution < 1.29 is 8.42 Å². The Morgan fingerprint density at radius 1 is 1.56 bits per heavy atom. The summed E-state index contributed by atoms with van der Waals surface area (Å²) in [6, 6.07) is 0. The maximum Gasteiger partial charge on any atom is 0.161 e. The van der Waals surface area contributed by atoms with Gasteiger partial charge in [0.25, 0.3) is 0 Å². The SMILES string of the molecule is CCCC(C)=C[SH](=O)=O. The molecule has 0 saturated heterocycles. The van der Waals surface area contributed by atoms with Gasteiger partial charge in [0.2, 0.25) is 0 Å². The fraction of sp³-hybridized carbons (Fsp3) is 0.667. The molecule has 0 spiro atoms. The molecule has 0 aromatic carbocycles. The Labute approximate surface area is 57.5 Å². The van der Waals surface area contributed by atoms with E-state index in [4.69, 9.17) is 0 Å². The molecule has 0 heterocycles. The average molecular weight is 148 g/mol. The van der Waals surface area contributed by atoms with Crippen LogP contribution in [0.15, 0.2) is 11.0 Å². The van der Waals surface area contributed by atoms with E-state index < -0.39 is 10.7 Å². The van der Waals surface area contributed by atoms with Gasteiger partial charge in [0.05, 0.1) is 0 Å². The van der Waals surface area contributed by atoms with Gasteiger partial charge in [-0.15, -0.1) is 0 Å². The highest BCUT2D eigenvalue weighted by Crippen LogP contribution is 2.01. The Bertz CT molecular complexity index is 160. The summed E-state index contributed by atoms with van der Waals surface area (Å²) in [4.78, 5) is 0. The minimum atomic E-state index is -2.31. The summed E-state index contributed by atoms with van der Waals surface area (Å²) >= 11 is 0. The zero-order valence-corrected chi connectivity index (χ0v) is 6.65. The van der Waals surface area contributed by atoms with Gasteiger partial charge in [-0.2, -0.15) is 0 Å². The second-order valence-corrected chi connectivity index (χ2v) is 2.84. The van der Waals surface area contributed by atoms with E-state index in [9.17, 15) is 8.42 Å². The quantitative estimate of drug-likeness (QED) is 0.612. The van der Waals surface area contributed by atoms with E-state index in [-0.39, 0.29) is 0 Å². The van der Waals surface area contributed by atoms with Gasteiger partial charge in [0.15, 0.2) is 10.7 Å². The molecule has 0 bridgehead atoms. The first-order valence-corrected chi connectivity index (χ1v) is 4.22. The maximum atomic E-state index is 10.0. The maximum absolute atomic E-state index is 10.0. The lowest BCUT2D eigenvalue weighted by Crippen LogP contribution is -1.75. The zero-order chi connectivity index (χ0) is 7.28. The van der Waals surface area contributed by atoms with Crippen molar-refractivity contribution in [2.75, 3.05) is 0 Å². The van der Waals surface area contributed by atoms with E-state index in [0.717, 1.165) is 18.4 Å². The number of rotatable bonds is 3. The molecule has 0 atom stereocenters. The standard InChI is InChI=1S/C6H12O2S/c1-3-4-6(2)5-9(7)8/h5,9H,3-4H2,1-2H3. The van der Waals surface area contributed by atoms with Crippen LogP contribution in [-0.4, -0.2) is 8.42 Å². The van der Waals surface area contributed by atoms with Crippen LogP contribution in [0.5, 0.6) is 0 Å². The lowest BCUT2D eigenvalue weighted by atomic mass is 10.2. The van der Waals surface area contributed by atoms with Crippen molar-refractivity contribution in [1.29, 1.82) is 0 Å². The van der Waals surface area contributed by atoms with Crippen LogP contribution in [-0.2, 0) is 10.7 Å². The van der Waals surface area contributed by atoms with Gasteiger partial charge in [-0.1, -0.05) is 18.9 Å². The molecular weight excluding hydrogens is 136 g/mol. The van der Waals surface area contributed by atoms with Crippen LogP contribution in [0.25, 0.3) is 0 Å². The Kier molecular flexibility index (Phi) is 4.40. The van der Waals surface area contributed by atoms with Crippen LogP contribution in [0.3, 0.4) is 0 Å². The average Bonchev–Trinajstić information content (AvgIpc) is 1.63. The van der Waals surface area contributed by atoms with Gasteiger partial charge >= 0.3 is 0 Å². The smallest absolute Gasteiger partial charge is 0.161 e. The summed E-state index contributed by atoms with van der Waals surface area (Å²) < 4.78 is 20.1. The zero-order valence-electron chi connectivity index (χ0n) is 5.76. The predicted octanol–water partition coefficient (Wildman–Crippen LogP) is 1.30. The normalized spacial score (nSPS) is 12.6. The summed E-state index contributed by atoms with van der Waals surface area (Å²) in [5, 5.41) is 1.29. The molecule has 0 aliphatic carbocycles. The fourth-order valence-corrected chi connectivity index (χ4v) is 1.13. The van der Waals surface area contributed by atoms with Gasteiger partial charge in [0.1, 0.15) is 0 Å². The first-order valence-electron chi connectivity index (χ1n) is 2.97. The Morgan fingerprint density at radius 2 is 2.11 bits per heavy atom. The third-order valence-corrected chi connectivity index (χ3v) is 1.62. The topological polar surface area (TPSA) is 34.1 Å².